The fraction of sp³-hybridized carbons (Fsp3) is 0.257. The summed E-state index contributed by atoms with van der Waals surface area (Å²) in [6, 6.07) is 30.8. The van der Waals surface area contributed by atoms with Crippen molar-refractivity contribution in [2.24, 2.45) is 5.92 Å². The van der Waals surface area contributed by atoms with Crippen LogP contribution >= 0.6 is 11.6 Å². The molecule has 0 aliphatic heterocycles. The molecule has 7 nitrogen and oxygen atoms in total. The van der Waals surface area contributed by atoms with Gasteiger partial charge < -0.3 is 10.2 Å². The van der Waals surface area contributed by atoms with E-state index in [9.17, 15) is 18.0 Å². The Balaban J connectivity index is 1.78. The molecule has 0 aromatic heterocycles. The molecule has 1 atom stereocenters. The lowest BCUT2D eigenvalue weighted by molar-refractivity contribution is -0.140. The summed E-state index contributed by atoms with van der Waals surface area (Å²) in [6.07, 6.45) is 0.255. The minimum Gasteiger partial charge on any atom is -0.354 e. The van der Waals surface area contributed by atoms with Gasteiger partial charge in [-0.2, -0.15) is 0 Å². The molecule has 0 spiro atoms. The summed E-state index contributed by atoms with van der Waals surface area (Å²) in [5.41, 5.74) is 2.84. The normalized spacial score (nSPS) is 12.0. The topological polar surface area (TPSA) is 86.8 Å². The summed E-state index contributed by atoms with van der Waals surface area (Å²) < 4.78 is 29.2. The molecule has 2 amide bonds. The van der Waals surface area contributed by atoms with Crippen LogP contribution in [-0.4, -0.2) is 44.3 Å². The SMILES string of the molecule is Cc1ccc(S(=O)(=O)N(CC(=O)N(Cc2ccccc2)[C@@H](Cc2ccccc2)C(=O)NCC(C)C)c2cccc(Cl)c2)cc1. The summed E-state index contributed by atoms with van der Waals surface area (Å²) in [5.74, 6) is -0.625. The van der Waals surface area contributed by atoms with E-state index in [2.05, 4.69) is 5.32 Å². The Morgan fingerprint density at radius 2 is 1.43 bits per heavy atom. The quantitative estimate of drug-likeness (QED) is 0.189. The van der Waals surface area contributed by atoms with Gasteiger partial charge in [0.1, 0.15) is 12.6 Å². The molecule has 0 saturated heterocycles. The van der Waals surface area contributed by atoms with E-state index >= 15 is 0 Å². The maximum absolute atomic E-state index is 14.4. The van der Waals surface area contributed by atoms with Gasteiger partial charge in [0, 0.05) is 24.5 Å². The lowest BCUT2D eigenvalue weighted by Gasteiger charge is -2.34. The second-order valence-corrected chi connectivity index (χ2v) is 13.5. The molecule has 4 aromatic carbocycles. The highest BCUT2D eigenvalue weighted by Gasteiger charge is 2.34. The van der Waals surface area contributed by atoms with Crippen molar-refractivity contribution in [3.63, 3.8) is 0 Å². The number of carbonyl (C=O) groups is 2. The molecule has 4 aromatic rings. The highest BCUT2D eigenvalue weighted by atomic mass is 35.5. The zero-order valence-corrected chi connectivity index (χ0v) is 26.8. The molecule has 0 saturated carbocycles. The first kappa shape index (κ1) is 32.8. The van der Waals surface area contributed by atoms with Gasteiger partial charge in [-0.25, -0.2) is 8.42 Å². The maximum Gasteiger partial charge on any atom is 0.264 e. The number of rotatable bonds is 13. The number of anilines is 1. The van der Waals surface area contributed by atoms with Crippen molar-refractivity contribution in [3.05, 3.63) is 131 Å². The number of amides is 2. The number of nitrogens with one attached hydrogen (secondary N) is 1. The minimum absolute atomic E-state index is 0.0426. The van der Waals surface area contributed by atoms with Crippen molar-refractivity contribution in [3.8, 4) is 0 Å². The van der Waals surface area contributed by atoms with Crippen LogP contribution < -0.4 is 9.62 Å². The summed E-state index contributed by atoms with van der Waals surface area (Å²) in [6.45, 7) is 5.88. The van der Waals surface area contributed by atoms with Crippen molar-refractivity contribution in [2.75, 3.05) is 17.4 Å². The van der Waals surface area contributed by atoms with Crippen LogP contribution in [0.2, 0.25) is 5.02 Å². The van der Waals surface area contributed by atoms with E-state index in [0.29, 0.717) is 11.6 Å². The fourth-order valence-electron chi connectivity index (χ4n) is 4.75. The predicted molar refractivity (Wildman–Crippen MR) is 176 cm³/mol. The fourth-order valence-corrected chi connectivity index (χ4v) is 6.34. The largest absolute Gasteiger partial charge is 0.354 e. The number of sulfonamides is 1. The van der Waals surface area contributed by atoms with E-state index in [4.69, 9.17) is 11.6 Å². The molecule has 1 N–H and O–H groups in total. The van der Waals surface area contributed by atoms with Crippen LogP contribution in [0.15, 0.2) is 114 Å². The van der Waals surface area contributed by atoms with Crippen LogP contribution in [-0.2, 0) is 32.6 Å². The van der Waals surface area contributed by atoms with Crippen molar-refractivity contribution in [1.82, 2.24) is 10.2 Å². The lowest BCUT2D eigenvalue weighted by atomic mass is 10.0. The van der Waals surface area contributed by atoms with Crippen molar-refractivity contribution >= 4 is 39.1 Å². The van der Waals surface area contributed by atoms with Gasteiger partial charge in [-0.05, 0) is 54.3 Å². The van der Waals surface area contributed by atoms with E-state index in [1.807, 2.05) is 81.4 Å². The van der Waals surface area contributed by atoms with Crippen LogP contribution in [0.4, 0.5) is 5.69 Å². The molecular formula is C35H38ClN3O4S. The first-order chi connectivity index (χ1) is 21.0. The number of benzene rings is 4. The molecule has 9 heteroatoms. The van der Waals surface area contributed by atoms with Gasteiger partial charge in [0.25, 0.3) is 10.0 Å². The van der Waals surface area contributed by atoms with Crippen LogP contribution in [0.3, 0.4) is 0 Å². The Bertz CT molecular complexity index is 1650. The Labute approximate surface area is 265 Å². The molecule has 4 rings (SSSR count). The van der Waals surface area contributed by atoms with Gasteiger partial charge in [0.2, 0.25) is 11.8 Å². The Morgan fingerprint density at radius 1 is 0.818 bits per heavy atom. The molecule has 0 radical (unpaired) electrons. The highest BCUT2D eigenvalue weighted by molar-refractivity contribution is 7.92. The average molecular weight is 632 g/mol. The molecule has 0 heterocycles. The molecular weight excluding hydrogens is 594 g/mol. The Kier molecular flexibility index (Phi) is 11.2. The van der Waals surface area contributed by atoms with Crippen LogP contribution in [0.1, 0.15) is 30.5 Å². The van der Waals surface area contributed by atoms with Crippen molar-refractivity contribution < 1.29 is 18.0 Å². The van der Waals surface area contributed by atoms with Crippen LogP contribution in [0, 0.1) is 12.8 Å². The van der Waals surface area contributed by atoms with Crippen molar-refractivity contribution in [1.29, 1.82) is 0 Å². The number of carbonyl (C=O) groups excluding carboxylic acids is 2. The van der Waals surface area contributed by atoms with Gasteiger partial charge in [0.05, 0.1) is 10.6 Å². The maximum atomic E-state index is 14.4. The van der Waals surface area contributed by atoms with Crippen LogP contribution in [0.5, 0.6) is 0 Å². The summed E-state index contributed by atoms with van der Waals surface area (Å²) in [5, 5.41) is 3.32. The molecule has 230 valence electrons. The summed E-state index contributed by atoms with van der Waals surface area (Å²) in [4.78, 5) is 29.7. The lowest BCUT2D eigenvalue weighted by Crippen LogP contribution is -2.53. The van der Waals surface area contributed by atoms with E-state index in [-0.39, 0.29) is 35.4 Å². The third-order valence-electron chi connectivity index (χ3n) is 7.14. The minimum atomic E-state index is -4.19. The number of aryl methyl sites for hydroxylation is 1. The molecule has 0 unspecified atom stereocenters. The molecule has 0 bridgehead atoms. The van der Waals surface area contributed by atoms with Gasteiger partial charge in [0.15, 0.2) is 0 Å². The first-order valence-corrected chi connectivity index (χ1v) is 16.4. The van der Waals surface area contributed by atoms with Gasteiger partial charge in [-0.3, -0.25) is 13.9 Å². The smallest absolute Gasteiger partial charge is 0.264 e. The van der Waals surface area contributed by atoms with Crippen LogP contribution in [0.25, 0.3) is 0 Å². The summed E-state index contributed by atoms with van der Waals surface area (Å²) >= 11 is 6.28. The first-order valence-electron chi connectivity index (χ1n) is 14.5. The zero-order chi connectivity index (χ0) is 31.7. The number of hydrogen-bond acceptors (Lipinski definition) is 4. The summed E-state index contributed by atoms with van der Waals surface area (Å²) in [7, 11) is -4.19. The highest BCUT2D eigenvalue weighted by Crippen LogP contribution is 2.27. The number of nitrogens with zero attached hydrogens (tertiary/aromatic N) is 2. The second-order valence-electron chi connectivity index (χ2n) is 11.2. The Hall–Kier alpha value is -4.14. The molecule has 0 fully saturated rings. The van der Waals surface area contributed by atoms with E-state index in [1.54, 1.807) is 30.3 Å². The zero-order valence-electron chi connectivity index (χ0n) is 25.2. The standard InChI is InChI=1S/C35H38ClN3O4S/c1-26(2)23-37-35(41)33(21-28-11-6-4-7-12-28)38(24-29-13-8-5-9-14-29)34(40)25-39(31-16-10-15-30(36)22-31)44(42,43)32-19-17-27(3)18-20-32/h4-20,22,26,33H,21,23-25H2,1-3H3,(H,37,41)/t33-/m0/s1. The molecule has 44 heavy (non-hydrogen) atoms. The van der Waals surface area contributed by atoms with Gasteiger partial charge in [-0.1, -0.05) is 110 Å². The van der Waals surface area contributed by atoms with Gasteiger partial charge >= 0.3 is 0 Å². The number of hydrogen-bond donors (Lipinski definition) is 1. The Morgan fingerprint density at radius 3 is 2.02 bits per heavy atom. The predicted octanol–water partition coefficient (Wildman–Crippen LogP) is 6.26. The van der Waals surface area contributed by atoms with Crippen molar-refractivity contribution in [2.45, 2.75) is 44.7 Å². The van der Waals surface area contributed by atoms with E-state index < -0.39 is 28.5 Å². The second kappa shape index (κ2) is 15.0. The molecule has 0 aliphatic carbocycles. The molecule has 0 aliphatic rings. The third kappa shape index (κ3) is 8.71. The number of halogens is 1. The third-order valence-corrected chi connectivity index (χ3v) is 9.16. The monoisotopic (exact) mass is 631 g/mol. The van der Waals surface area contributed by atoms with E-state index in [1.165, 1.54) is 23.1 Å². The van der Waals surface area contributed by atoms with Gasteiger partial charge in [-0.15, -0.1) is 0 Å². The van der Waals surface area contributed by atoms with E-state index in [0.717, 1.165) is 21.0 Å². The average Bonchev–Trinajstić information content (AvgIpc) is 3.01.